The van der Waals surface area contributed by atoms with Gasteiger partial charge in [0.2, 0.25) is 0 Å². The molecule has 0 atom stereocenters. The van der Waals surface area contributed by atoms with Crippen molar-refractivity contribution in [3.05, 3.63) is 0 Å². The monoisotopic (exact) mass is 299 g/mol. The van der Waals surface area contributed by atoms with Gasteiger partial charge in [-0.05, 0) is 18.9 Å². The van der Waals surface area contributed by atoms with Gasteiger partial charge < -0.3 is 5.73 Å². The number of rotatable bonds is 14. The zero-order valence-electron chi connectivity index (χ0n) is 15.8. The van der Waals surface area contributed by atoms with Crippen LogP contribution >= 0.6 is 0 Å². The van der Waals surface area contributed by atoms with Crippen molar-refractivity contribution in [3.63, 3.8) is 0 Å². The van der Waals surface area contributed by atoms with Gasteiger partial charge in [0, 0.05) is 0 Å². The molecule has 0 heterocycles. The highest BCUT2D eigenvalue weighted by atomic mass is 14.5. The molecule has 0 aromatic heterocycles. The molecule has 0 radical (unpaired) electrons. The SMILES string of the molecule is CC(C)C.CCCCCCCCCCCCCCCCN. The number of hydrogen-bond acceptors (Lipinski definition) is 1. The van der Waals surface area contributed by atoms with E-state index >= 15 is 0 Å². The van der Waals surface area contributed by atoms with Crippen LogP contribution in [0.25, 0.3) is 0 Å². The first kappa shape index (κ1) is 23.2. The van der Waals surface area contributed by atoms with E-state index in [4.69, 9.17) is 5.73 Å². The van der Waals surface area contributed by atoms with Gasteiger partial charge in [0.25, 0.3) is 0 Å². The van der Waals surface area contributed by atoms with E-state index in [0.717, 1.165) is 12.5 Å². The van der Waals surface area contributed by atoms with Gasteiger partial charge in [-0.1, -0.05) is 111 Å². The lowest BCUT2D eigenvalue weighted by Crippen LogP contribution is -1.97. The molecule has 0 aliphatic rings. The minimum Gasteiger partial charge on any atom is -0.330 e. The summed E-state index contributed by atoms with van der Waals surface area (Å²) in [5.41, 5.74) is 5.47. The van der Waals surface area contributed by atoms with E-state index in [0.29, 0.717) is 0 Å². The highest BCUT2D eigenvalue weighted by Gasteiger charge is 1.93. The molecular weight excluding hydrogens is 254 g/mol. The van der Waals surface area contributed by atoms with Crippen LogP contribution in [0, 0.1) is 5.92 Å². The summed E-state index contributed by atoms with van der Waals surface area (Å²) in [6.07, 6.45) is 19.9. The van der Waals surface area contributed by atoms with Crippen molar-refractivity contribution in [1.29, 1.82) is 0 Å². The average Bonchev–Trinajstić information content (AvgIpc) is 2.43. The number of unbranched alkanes of at least 4 members (excludes halogenated alkanes) is 13. The van der Waals surface area contributed by atoms with E-state index in [-0.39, 0.29) is 0 Å². The lowest BCUT2D eigenvalue weighted by Gasteiger charge is -2.02. The second-order valence-electron chi connectivity index (χ2n) is 7.12. The van der Waals surface area contributed by atoms with Gasteiger partial charge in [-0.3, -0.25) is 0 Å². The van der Waals surface area contributed by atoms with Crippen LogP contribution in [-0.4, -0.2) is 6.54 Å². The molecule has 0 aliphatic carbocycles. The lowest BCUT2D eigenvalue weighted by atomic mass is 10.0. The molecule has 130 valence electrons. The largest absolute Gasteiger partial charge is 0.330 e. The quantitative estimate of drug-likeness (QED) is 0.340. The Morgan fingerprint density at radius 3 is 1.00 bits per heavy atom. The van der Waals surface area contributed by atoms with E-state index in [2.05, 4.69) is 27.7 Å². The average molecular weight is 300 g/mol. The minimum atomic E-state index is 0.833. The molecule has 0 saturated heterocycles. The molecule has 0 spiro atoms. The summed E-state index contributed by atoms with van der Waals surface area (Å²) in [5, 5.41) is 0. The van der Waals surface area contributed by atoms with E-state index in [1.54, 1.807) is 0 Å². The van der Waals surface area contributed by atoms with Gasteiger partial charge in [-0.2, -0.15) is 0 Å². The van der Waals surface area contributed by atoms with E-state index in [9.17, 15) is 0 Å². The molecule has 0 aromatic rings. The van der Waals surface area contributed by atoms with Crippen LogP contribution in [0.2, 0.25) is 0 Å². The zero-order valence-corrected chi connectivity index (χ0v) is 15.8. The maximum Gasteiger partial charge on any atom is -0.00773 e. The standard InChI is InChI=1S/C16H35N.C4H10/c1-2-3-4-5-6-7-8-9-10-11-12-13-14-15-16-17;1-4(2)3/h2-17H2,1H3;4H,1-3H3. The van der Waals surface area contributed by atoms with Crippen LogP contribution in [0.15, 0.2) is 0 Å². The fourth-order valence-corrected chi connectivity index (χ4v) is 2.34. The molecule has 0 bridgehead atoms. The minimum absolute atomic E-state index is 0.833. The first-order valence-corrected chi connectivity index (χ1v) is 9.85. The summed E-state index contributed by atoms with van der Waals surface area (Å²) < 4.78 is 0. The molecule has 0 rings (SSSR count). The van der Waals surface area contributed by atoms with Gasteiger partial charge in [0.15, 0.2) is 0 Å². The van der Waals surface area contributed by atoms with Crippen molar-refractivity contribution in [3.8, 4) is 0 Å². The molecular formula is C20H45N. The van der Waals surface area contributed by atoms with Crippen LogP contribution in [-0.2, 0) is 0 Å². The predicted octanol–water partition coefficient (Wildman–Crippen LogP) is 7.09. The Balaban J connectivity index is 0. The Labute approximate surface area is 136 Å². The van der Waals surface area contributed by atoms with Gasteiger partial charge in [0.05, 0.1) is 0 Å². The van der Waals surface area contributed by atoms with Crippen molar-refractivity contribution in [2.24, 2.45) is 11.7 Å². The van der Waals surface area contributed by atoms with Crippen LogP contribution in [0.5, 0.6) is 0 Å². The third-order valence-electron chi connectivity index (χ3n) is 3.56. The zero-order chi connectivity index (χ0) is 16.2. The normalized spacial score (nSPS) is 10.6. The highest BCUT2D eigenvalue weighted by molar-refractivity contribution is 4.49. The fourth-order valence-electron chi connectivity index (χ4n) is 2.34. The van der Waals surface area contributed by atoms with Crippen molar-refractivity contribution >= 4 is 0 Å². The third-order valence-corrected chi connectivity index (χ3v) is 3.56. The Bertz CT molecular complexity index is 137. The van der Waals surface area contributed by atoms with Crippen molar-refractivity contribution in [2.75, 3.05) is 6.54 Å². The molecule has 1 heteroatoms. The third kappa shape index (κ3) is 33.0. The Morgan fingerprint density at radius 2 is 0.762 bits per heavy atom. The van der Waals surface area contributed by atoms with Crippen molar-refractivity contribution in [2.45, 2.75) is 118 Å². The number of hydrogen-bond donors (Lipinski definition) is 1. The first-order chi connectivity index (χ1) is 10.1. The summed E-state index contributed by atoms with van der Waals surface area (Å²) in [7, 11) is 0. The predicted molar refractivity (Wildman–Crippen MR) is 99.9 cm³/mol. The smallest absolute Gasteiger partial charge is 0.00773 e. The van der Waals surface area contributed by atoms with E-state index in [1.807, 2.05) is 0 Å². The molecule has 1 nitrogen and oxygen atoms in total. The molecule has 2 N–H and O–H groups in total. The maximum atomic E-state index is 5.47. The second-order valence-corrected chi connectivity index (χ2v) is 7.12. The fraction of sp³-hybridized carbons (Fsp3) is 1.00. The van der Waals surface area contributed by atoms with Crippen LogP contribution in [0.1, 0.15) is 118 Å². The van der Waals surface area contributed by atoms with Gasteiger partial charge >= 0.3 is 0 Å². The van der Waals surface area contributed by atoms with Crippen LogP contribution < -0.4 is 5.73 Å². The number of nitrogens with two attached hydrogens (primary N) is 1. The maximum absolute atomic E-state index is 5.47. The molecule has 21 heavy (non-hydrogen) atoms. The van der Waals surface area contributed by atoms with Crippen LogP contribution in [0.4, 0.5) is 0 Å². The topological polar surface area (TPSA) is 26.0 Å². The molecule has 0 saturated carbocycles. The molecule has 0 aromatic carbocycles. The summed E-state index contributed by atoms with van der Waals surface area (Å²) >= 11 is 0. The van der Waals surface area contributed by atoms with Crippen molar-refractivity contribution in [1.82, 2.24) is 0 Å². The molecule has 0 fully saturated rings. The molecule has 0 amide bonds. The van der Waals surface area contributed by atoms with Gasteiger partial charge in [-0.15, -0.1) is 0 Å². The Kier molecular flexibility index (Phi) is 24.6. The van der Waals surface area contributed by atoms with Crippen molar-refractivity contribution < 1.29 is 0 Å². The molecule has 0 aliphatic heterocycles. The summed E-state index contributed by atoms with van der Waals surface area (Å²) in [6.45, 7) is 9.66. The second kappa shape index (κ2) is 22.2. The lowest BCUT2D eigenvalue weighted by molar-refractivity contribution is 0.536. The summed E-state index contributed by atoms with van der Waals surface area (Å²) in [4.78, 5) is 0. The Hall–Kier alpha value is -0.0400. The van der Waals surface area contributed by atoms with E-state index < -0.39 is 0 Å². The molecule has 0 unspecified atom stereocenters. The van der Waals surface area contributed by atoms with Gasteiger partial charge in [0.1, 0.15) is 0 Å². The Morgan fingerprint density at radius 1 is 0.524 bits per heavy atom. The van der Waals surface area contributed by atoms with Gasteiger partial charge in [-0.25, -0.2) is 0 Å². The van der Waals surface area contributed by atoms with Crippen LogP contribution in [0.3, 0.4) is 0 Å². The van der Waals surface area contributed by atoms with E-state index in [1.165, 1.54) is 89.9 Å². The summed E-state index contributed by atoms with van der Waals surface area (Å²) in [5.74, 6) is 0.833. The summed E-state index contributed by atoms with van der Waals surface area (Å²) in [6, 6.07) is 0. The highest BCUT2D eigenvalue weighted by Crippen LogP contribution is 2.12. The first-order valence-electron chi connectivity index (χ1n) is 9.85.